The predicted octanol–water partition coefficient (Wildman–Crippen LogP) is 2.47. The Morgan fingerprint density at radius 1 is 1.27 bits per heavy atom. The maximum atomic E-state index is 12.5. The second-order valence-electron chi connectivity index (χ2n) is 7.64. The molecule has 6 heteroatoms. The smallest absolute Gasteiger partial charge is 0.255 e. The van der Waals surface area contributed by atoms with Gasteiger partial charge in [-0.25, -0.2) is 9.97 Å². The molecule has 0 bridgehead atoms. The Morgan fingerprint density at radius 3 is 2.92 bits per heavy atom. The lowest BCUT2D eigenvalue weighted by atomic mass is 10.1. The van der Waals surface area contributed by atoms with E-state index in [2.05, 4.69) is 46.5 Å². The fourth-order valence-corrected chi connectivity index (χ4v) is 3.95. The van der Waals surface area contributed by atoms with E-state index in [1.54, 1.807) is 0 Å². The van der Waals surface area contributed by atoms with E-state index in [-0.39, 0.29) is 5.56 Å². The van der Waals surface area contributed by atoms with Gasteiger partial charge in [-0.05, 0) is 38.3 Å². The molecule has 1 aliphatic carbocycles. The number of hydrogen-bond donors (Lipinski definition) is 1. The number of imidazole rings is 1. The quantitative estimate of drug-likeness (QED) is 0.789. The van der Waals surface area contributed by atoms with E-state index in [1.165, 1.54) is 11.3 Å². The first kappa shape index (κ1) is 15.8. The molecular weight excluding hydrogens is 326 g/mol. The molecule has 0 saturated heterocycles. The minimum Gasteiger partial charge on any atom is -0.310 e. The molecule has 2 aliphatic rings. The van der Waals surface area contributed by atoms with Gasteiger partial charge in [-0.1, -0.05) is 6.07 Å². The molecular formula is C20H23N5O. The van der Waals surface area contributed by atoms with Crippen LogP contribution < -0.4 is 5.56 Å². The molecule has 0 radical (unpaired) electrons. The monoisotopic (exact) mass is 349 g/mol. The van der Waals surface area contributed by atoms with Crippen molar-refractivity contribution in [1.82, 2.24) is 24.3 Å². The van der Waals surface area contributed by atoms with Gasteiger partial charge in [0.05, 0.1) is 22.6 Å². The Balaban J connectivity index is 1.44. The lowest BCUT2D eigenvalue weighted by Gasteiger charge is -2.27. The Morgan fingerprint density at radius 2 is 2.12 bits per heavy atom. The van der Waals surface area contributed by atoms with Crippen LogP contribution in [-0.2, 0) is 19.5 Å². The predicted molar refractivity (Wildman–Crippen MR) is 99.3 cm³/mol. The molecule has 5 rings (SSSR count). The van der Waals surface area contributed by atoms with Crippen molar-refractivity contribution in [1.29, 1.82) is 0 Å². The second kappa shape index (κ2) is 5.77. The molecule has 1 fully saturated rings. The van der Waals surface area contributed by atoms with Crippen LogP contribution in [0.5, 0.6) is 0 Å². The first-order valence-electron chi connectivity index (χ1n) is 9.37. The summed E-state index contributed by atoms with van der Waals surface area (Å²) in [5, 5.41) is 0. The molecule has 3 aromatic heterocycles. The van der Waals surface area contributed by atoms with Gasteiger partial charge < -0.3 is 9.38 Å². The fourth-order valence-electron chi connectivity index (χ4n) is 3.95. The van der Waals surface area contributed by atoms with Crippen LogP contribution in [0.4, 0.5) is 0 Å². The number of fused-ring (bicyclic) bond motifs is 2. The molecule has 134 valence electrons. The lowest BCUT2D eigenvalue weighted by molar-refractivity contribution is 0.237. The van der Waals surface area contributed by atoms with Gasteiger partial charge in [0, 0.05) is 38.2 Å². The van der Waals surface area contributed by atoms with Gasteiger partial charge in [-0.15, -0.1) is 0 Å². The van der Waals surface area contributed by atoms with Crippen LogP contribution in [0.25, 0.3) is 5.65 Å². The highest BCUT2D eigenvalue weighted by Gasteiger charge is 2.29. The van der Waals surface area contributed by atoms with Crippen molar-refractivity contribution in [2.75, 3.05) is 6.54 Å². The molecule has 0 aromatic carbocycles. The number of H-pyrrole nitrogens is 1. The average Bonchev–Trinajstić information content (AvgIpc) is 3.42. The minimum absolute atomic E-state index is 0.0484. The van der Waals surface area contributed by atoms with Gasteiger partial charge in [-0.2, -0.15) is 0 Å². The highest BCUT2D eigenvalue weighted by molar-refractivity contribution is 5.50. The van der Waals surface area contributed by atoms with Crippen LogP contribution in [0, 0.1) is 13.8 Å². The standard InChI is InChI=1S/C20H23N5O/c1-12-4-3-8-25-17(13(2)21-19(12)25)11-24-9-7-16-15(10-24)20(26)23-18(22-16)14-5-6-14/h3-4,8,14H,5-7,9-11H2,1-2H3,(H,22,23,26). The summed E-state index contributed by atoms with van der Waals surface area (Å²) in [5.74, 6) is 1.38. The van der Waals surface area contributed by atoms with Crippen LogP contribution in [0.15, 0.2) is 23.1 Å². The summed E-state index contributed by atoms with van der Waals surface area (Å²) in [6.45, 7) is 6.52. The summed E-state index contributed by atoms with van der Waals surface area (Å²) in [5.41, 5.74) is 6.34. The molecule has 6 nitrogen and oxygen atoms in total. The number of rotatable bonds is 3. The molecule has 3 aromatic rings. The summed E-state index contributed by atoms with van der Waals surface area (Å²) in [6, 6.07) is 4.15. The zero-order chi connectivity index (χ0) is 17.8. The van der Waals surface area contributed by atoms with E-state index < -0.39 is 0 Å². The van der Waals surface area contributed by atoms with Crippen molar-refractivity contribution in [2.45, 2.75) is 52.1 Å². The maximum Gasteiger partial charge on any atom is 0.255 e. The first-order valence-corrected chi connectivity index (χ1v) is 9.37. The Labute approximate surface area is 151 Å². The zero-order valence-electron chi connectivity index (χ0n) is 15.2. The number of pyridine rings is 1. The first-order chi connectivity index (χ1) is 12.6. The molecule has 26 heavy (non-hydrogen) atoms. The molecule has 0 unspecified atom stereocenters. The molecule has 0 atom stereocenters. The van der Waals surface area contributed by atoms with Crippen LogP contribution in [0.1, 0.15) is 52.8 Å². The topological polar surface area (TPSA) is 66.3 Å². The van der Waals surface area contributed by atoms with Gasteiger partial charge in [0.25, 0.3) is 5.56 Å². The molecule has 1 aliphatic heterocycles. The average molecular weight is 349 g/mol. The Kier molecular flexibility index (Phi) is 3.50. The van der Waals surface area contributed by atoms with Crippen molar-refractivity contribution < 1.29 is 0 Å². The lowest BCUT2D eigenvalue weighted by Crippen LogP contribution is -2.36. The molecule has 4 heterocycles. The number of nitrogens with zero attached hydrogens (tertiary/aromatic N) is 4. The number of hydrogen-bond acceptors (Lipinski definition) is 4. The SMILES string of the molecule is Cc1nc2c(C)cccn2c1CN1CCc2nc(C3CC3)[nH]c(=O)c2C1. The maximum absolute atomic E-state index is 12.5. The summed E-state index contributed by atoms with van der Waals surface area (Å²) in [4.78, 5) is 27.4. The highest BCUT2D eigenvalue weighted by Crippen LogP contribution is 2.37. The minimum atomic E-state index is 0.0484. The number of aromatic nitrogens is 4. The third-order valence-electron chi connectivity index (χ3n) is 5.65. The summed E-state index contributed by atoms with van der Waals surface area (Å²) >= 11 is 0. The van der Waals surface area contributed by atoms with Gasteiger partial charge in [0.2, 0.25) is 0 Å². The van der Waals surface area contributed by atoms with Gasteiger partial charge in [0.15, 0.2) is 0 Å². The van der Waals surface area contributed by atoms with Crippen LogP contribution in [0.2, 0.25) is 0 Å². The van der Waals surface area contributed by atoms with Gasteiger partial charge in [0.1, 0.15) is 11.5 Å². The third kappa shape index (κ3) is 2.56. The van der Waals surface area contributed by atoms with E-state index >= 15 is 0 Å². The van der Waals surface area contributed by atoms with Crippen molar-refractivity contribution in [2.24, 2.45) is 0 Å². The summed E-state index contributed by atoms with van der Waals surface area (Å²) in [7, 11) is 0. The fraction of sp³-hybridized carbons (Fsp3) is 0.450. The third-order valence-corrected chi connectivity index (χ3v) is 5.65. The largest absolute Gasteiger partial charge is 0.310 e. The number of aromatic amines is 1. The van der Waals surface area contributed by atoms with E-state index in [0.717, 1.165) is 60.8 Å². The molecule has 0 amide bonds. The molecule has 1 saturated carbocycles. The van der Waals surface area contributed by atoms with Crippen molar-refractivity contribution >= 4 is 5.65 Å². The van der Waals surface area contributed by atoms with E-state index in [9.17, 15) is 4.79 Å². The number of aryl methyl sites for hydroxylation is 2. The normalized spacial score (nSPS) is 17.6. The second-order valence-corrected chi connectivity index (χ2v) is 7.64. The van der Waals surface area contributed by atoms with Crippen LogP contribution in [0.3, 0.4) is 0 Å². The summed E-state index contributed by atoms with van der Waals surface area (Å²) in [6.07, 6.45) is 5.22. The van der Waals surface area contributed by atoms with E-state index in [4.69, 9.17) is 9.97 Å². The molecule has 0 spiro atoms. The zero-order valence-corrected chi connectivity index (χ0v) is 15.2. The Bertz CT molecular complexity index is 1060. The van der Waals surface area contributed by atoms with Crippen molar-refractivity contribution in [3.05, 3.63) is 62.7 Å². The van der Waals surface area contributed by atoms with Gasteiger partial charge >= 0.3 is 0 Å². The van der Waals surface area contributed by atoms with Crippen LogP contribution in [-0.4, -0.2) is 30.8 Å². The highest BCUT2D eigenvalue weighted by atomic mass is 16.1. The van der Waals surface area contributed by atoms with Crippen LogP contribution >= 0.6 is 0 Å². The van der Waals surface area contributed by atoms with Gasteiger partial charge in [-0.3, -0.25) is 9.69 Å². The van der Waals surface area contributed by atoms with E-state index in [1.807, 2.05) is 0 Å². The Hall–Kier alpha value is -2.47. The summed E-state index contributed by atoms with van der Waals surface area (Å²) < 4.78 is 2.18. The molecule has 1 N–H and O–H groups in total. The van der Waals surface area contributed by atoms with Crippen molar-refractivity contribution in [3.8, 4) is 0 Å². The van der Waals surface area contributed by atoms with Crippen molar-refractivity contribution in [3.63, 3.8) is 0 Å². The number of nitrogens with one attached hydrogen (secondary N) is 1. The van der Waals surface area contributed by atoms with E-state index in [0.29, 0.717) is 12.5 Å².